The van der Waals surface area contributed by atoms with Gasteiger partial charge in [-0.3, -0.25) is 4.79 Å². The van der Waals surface area contributed by atoms with Gasteiger partial charge in [0, 0.05) is 17.2 Å². The first-order valence-corrected chi connectivity index (χ1v) is 11.0. The van der Waals surface area contributed by atoms with Crippen molar-refractivity contribution in [2.75, 3.05) is 5.32 Å². The van der Waals surface area contributed by atoms with Gasteiger partial charge in [-0.05, 0) is 66.8 Å². The average molecular weight is 425 g/mol. The van der Waals surface area contributed by atoms with Crippen LogP contribution >= 0.6 is 0 Å². The van der Waals surface area contributed by atoms with Crippen LogP contribution in [0.15, 0.2) is 54.7 Å². The highest BCUT2D eigenvalue weighted by Crippen LogP contribution is 2.43. The predicted octanol–water partition coefficient (Wildman–Crippen LogP) is 4.30. The number of amides is 1. The lowest BCUT2D eigenvalue weighted by Crippen LogP contribution is -2.14. The molecule has 0 radical (unpaired) electrons. The minimum atomic E-state index is -0.148. The molecule has 2 aliphatic rings. The molecule has 160 valence electrons. The largest absolute Gasteiger partial charge is 0.322 e. The molecule has 0 bridgehead atoms. The van der Waals surface area contributed by atoms with Crippen molar-refractivity contribution < 1.29 is 4.79 Å². The number of benzene rings is 2. The minimum Gasteiger partial charge on any atom is -0.322 e. The zero-order valence-electron chi connectivity index (χ0n) is 17.8. The van der Waals surface area contributed by atoms with Gasteiger partial charge in [-0.2, -0.15) is 5.10 Å². The van der Waals surface area contributed by atoms with Crippen LogP contribution in [-0.4, -0.2) is 35.9 Å². The van der Waals surface area contributed by atoms with Crippen LogP contribution in [0.5, 0.6) is 0 Å². The predicted molar refractivity (Wildman–Crippen MR) is 120 cm³/mol. The normalized spacial score (nSPS) is 15.7. The molecular weight excluding hydrogens is 402 g/mol. The van der Waals surface area contributed by atoms with Gasteiger partial charge in [-0.1, -0.05) is 30.3 Å². The Balaban J connectivity index is 1.30. The smallest absolute Gasteiger partial charge is 0.259 e. The summed E-state index contributed by atoms with van der Waals surface area (Å²) in [6.07, 6.45) is 6.05. The second-order valence-electron chi connectivity index (χ2n) is 8.63. The number of tetrazole rings is 1. The number of hydrogen-bond acceptors (Lipinski definition) is 5. The number of carbonyl (C=O) groups excluding carboxylic acids is 1. The molecule has 0 saturated heterocycles. The summed E-state index contributed by atoms with van der Waals surface area (Å²) in [5.74, 6) is 0.952. The Morgan fingerprint density at radius 2 is 1.91 bits per heavy atom. The monoisotopic (exact) mass is 425 g/mol. The lowest BCUT2D eigenvalue weighted by atomic mass is 10.1. The van der Waals surface area contributed by atoms with Crippen molar-refractivity contribution in [1.29, 1.82) is 0 Å². The van der Waals surface area contributed by atoms with Crippen molar-refractivity contribution in [3.8, 4) is 17.1 Å². The Kier molecular flexibility index (Phi) is 4.38. The molecule has 1 N–H and O–H groups in total. The molecule has 32 heavy (non-hydrogen) atoms. The standard InChI is InChI=1S/C24H23N7O/c1-15-5-2-3-8-21(15)31-22(16-9-10-16)20(14-25-31)24(32)26-18-7-4-6-17(13-18)23-27-28-29-30(23)19-11-12-19/h2-8,13-14,16,19H,9-12H2,1H3,(H,26,32). The second kappa shape index (κ2) is 7.40. The van der Waals surface area contributed by atoms with Crippen molar-refractivity contribution in [1.82, 2.24) is 30.0 Å². The number of aromatic nitrogens is 6. The summed E-state index contributed by atoms with van der Waals surface area (Å²) in [6, 6.07) is 16.2. The van der Waals surface area contributed by atoms with Crippen LogP contribution in [0.4, 0.5) is 5.69 Å². The van der Waals surface area contributed by atoms with E-state index in [0.29, 0.717) is 23.2 Å². The topological polar surface area (TPSA) is 90.5 Å². The molecule has 6 rings (SSSR count). The first-order chi connectivity index (χ1) is 15.7. The Bertz CT molecular complexity index is 1310. The molecule has 0 atom stereocenters. The van der Waals surface area contributed by atoms with E-state index >= 15 is 0 Å². The summed E-state index contributed by atoms with van der Waals surface area (Å²) in [7, 11) is 0. The third kappa shape index (κ3) is 3.37. The van der Waals surface area contributed by atoms with E-state index in [1.807, 2.05) is 51.8 Å². The minimum absolute atomic E-state index is 0.148. The van der Waals surface area contributed by atoms with Gasteiger partial charge in [-0.15, -0.1) is 5.10 Å². The Morgan fingerprint density at radius 1 is 1.06 bits per heavy atom. The third-order valence-electron chi connectivity index (χ3n) is 6.12. The molecule has 0 spiro atoms. The number of hydrogen-bond donors (Lipinski definition) is 1. The summed E-state index contributed by atoms with van der Waals surface area (Å²) >= 11 is 0. The molecule has 2 heterocycles. The number of anilines is 1. The van der Waals surface area contributed by atoms with E-state index in [0.717, 1.165) is 54.0 Å². The van der Waals surface area contributed by atoms with Gasteiger partial charge in [0.05, 0.1) is 29.2 Å². The number of carbonyl (C=O) groups is 1. The third-order valence-corrected chi connectivity index (χ3v) is 6.12. The Labute approximate surface area is 185 Å². The van der Waals surface area contributed by atoms with Crippen molar-refractivity contribution in [2.24, 2.45) is 0 Å². The van der Waals surface area contributed by atoms with Crippen LogP contribution in [0.3, 0.4) is 0 Å². The highest BCUT2D eigenvalue weighted by molar-refractivity contribution is 6.05. The molecule has 8 heteroatoms. The van der Waals surface area contributed by atoms with Gasteiger partial charge < -0.3 is 5.32 Å². The van der Waals surface area contributed by atoms with E-state index in [9.17, 15) is 4.79 Å². The van der Waals surface area contributed by atoms with Crippen molar-refractivity contribution in [3.05, 3.63) is 71.5 Å². The summed E-state index contributed by atoms with van der Waals surface area (Å²) < 4.78 is 3.81. The SMILES string of the molecule is Cc1ccccc1-n1ncc(C(=O)Nc2cccc(-c3nnnn3C3CC3)c2)c1C1CC1. The number of aryl methyl sites for hydroxylation is 1. The highest BCUT2D eigenvalue weighted by Gasteiger charge is 2.33. The van der Waals surface area contributed by atoms with Crippen LogP contribution in [0, 0.1) is 6.92 Å². The molecule has 8 nitrogen and oxygen atoms in total. The molecular formula is C24H23N7O. The first kappa shape index (κ1) is 18.9. The highest BCUT2D eigenvalue weighted by atomic mass is 16.1. The molecule has 2 aromatic carbocycles. The average Bonchev–Trinajstić information content (AvgIpc) is 3.74. The maximum Gasteiger partial charge on any atom is 0.259 e. The molecule has 1 amide bonds. The Morgan fingerprint density at radius 3 is 2.69 bits per heavy atom. The molecule has 2 aromatic heterocycles. The second-order valence-corrected chi connectivity index (χ2v) is 8.63. The maximum atomic E-state index is 13.3. The van der Waals surface area contributed by atoms with E-state index in [4.69, 9.17) is 0 Å². The van der Waals surface area contributed by atoms with Gasteiger partial charge in [0.25, 0.3) is 5.91 Å². The number of nitrogens with one attached hydrogen (secondary N) is 1. The van der Waals surface area contributed by atoms with Gasteiger partial charge in [0.15, 0.2) is 5.82 Å². The van der Waals surface area contributed by atoms with E-state index in [-0.39, 0.29) is 5.91 Å². The molecule has 0 unspecified atom stereocenters. The van der Waals surface area contributed by atoms with Gasteiger partial charge in [0.1, 0.15) is 0 Å². The first-order valence-electron chi connectivity index (χ1n) is 11.0. The molecule has 4 aromatic rings. The van der Waals surface area contributed by atoms with Crippen LogP contribution in [0.25, 0.3) is 17.1 Å². The van der Waals surface area contributed by atoms with E-state index < -0.39 is 0 Å². The quantitative estimate of drug-likeness (QED) is 0.497. The van der Waals surface area contributed by atoms with Crippen LogP contribution in [0.1, 0.15) is 59.3 Å². The molecule has 2 saturated carbocycles. The van der Waals surface area contributed by atoms with Crippen molar-refractivity contribution >= 4 is 11.6 Å². The fraction of sp³-hybridized carbons (Fsp3) is 0.292. The lowest BCUT2D eigenvalue weighted by Gasteiger charge is -2.12. The van der Waals surface area contributed by atoms with Crippen LogP contribution in [-0.2, 0) is 0 Å². The van der Waals surface area contributed by atoms with Gasteiger partial charge in [0.2, 0.25) is 0 Å². The summed E-state index contributed by atoms with van der Waals surface area (Å²) in [5.41, 5.74) is 5.36. The van der Waals surface area contributed by atoms with E-state index in [1.54, 1.807) is 6.20 Å². The fourth-order valence-electron chi connectivity index (χ4n) is 4.16. The number of para-hydroxylation sites is 1. The molecule has 2 fully saturated rings. The number of rotatable bonds is 6. The van der Waals surface area contributed by atoms with E-state index in [2.05, 4.69) is 38.9 Å². The van der Waals surface area contributed by atoms with Gasteiger partial charge >= 0.3 is 0 Å². The van der Waals surface area contributed by atoms with Crippen molar-refractivity contribution in [3.63, 3.8) is 0 Å². The summed E-state index contributed by atoms with van der Waals surface area (Å²) in [6.45, 7) is 2.06. The lowest BCUT2D eigenvalue weighted by molar-refractivity contribution is 0.102. The molecule has 2 aliphatic carbocycles. The fourth-order valence-corrected chi connectivity index (χ4v) is 4.16. The maximum absolute atomic E-state index is 13.3. The zero-order valence-corrected chi connectivity index (χ0v) is 17.8. The summed E-state index contributed by atoms with van der Waals surface area (Å²) in [4.78, 5) is 13.3. The van der Waals surface area contributed by atoms with Gasteiger partial charge in [-0.25, -0.2) is 9.36 Å². The van der Waals surface area contributed by atoms with E-state index in [1.165, 1.54) is 0 Å². The van der Waals surface area contributed by atoms with Crippen molar-refractivity contribution in [2.45, 2.75) is 44.6 Å². The van der Waals surface area contributed by atoms with Crippen LogP contribution in [0.2, 0.25) is 0 Å². The van der Waals surface area contributed by atoms with Crippen LogP contribution < -0.4 is 5.32 Å². The summed E-state index contributed by atoms with van der Waals surface area (Å²) in [5, 5.41) is 19.8. The molecule has 0 aliphatic heterocycles. The zero-order chi connectivity index (χ0) is 21.7. The Hall–Kier alpha value is -3.81. The number of nitrogens with zero attached hydrogens (tertiary/aromatic N) is 6.